The van der Waals surface area contributed by atoms with Crippen LogP contribution in [0, 0.1) is 0 Å². The van der Waals surface area contributed by atoms with Crippen LogP contribution in [0.1, 0.15) is 16.1 Å². The number of rotatable bonds is 1. The van der Waals surface area contributed by atoms with E-state index in [4.69, 9.17) is 5.73 Å². The molecule has 2 aromatic heterocycles. The van der Waals surface area contributed by atoms with E-state index in [2.05, 4.69) is 4.98 Å². The summed E-state index contributed by atoms with van der Waals surface area (Å²) in [6.45, 7) is 0. The monoisotopic (exact) mass is 229 g/mol. The highest BCUT2D eigenvalue weighted by atomic mass is 19.4. The topological polar surface area (TPSA) is 60.4 Å². The number of carbonyl (C=O) groups is 1. The Hall–Kier alpha value is -2.05. The number of alkyl halides is 3. The van der Waals surface area contributed by atoms with E-state index in [1.54, 1.807) is 0 Å². The van der Waals surface area contributed by atoms with Crippen LogP contribution in [0.5, 0.6) is 0 Å². The summed E-state index contributed by atoms with van der Waals surface area (Å²) < 4.78 is 38.1. The summed E-state index contributed by atoms with van der Waals surface area (Å²) in [5.41, 5.74) is 4.23. The van der Waals surface area contributed by atoms with Crippen molar-refractivity contribution in [1.29, 1.82) is 0 Å². The predicted octanol–water partition coefficient (Wildman–Crippen LogP) is 1.45. The molecule has 16 heavy (non-hydrogen) atoms. The second-order valence-corrected chi connectivity index (χ2v) is 3.17. The minimum atomic E-state index is -4.50. The molecule has 2 N–H and O–H groups in total. The zero-order chi connectivity index (χ0) is 11.9. The Bertz CT molecular complexity index is 559. The Balaban J connectivity index is 2.59. The van der Waals surface area contributed by atoms with Crippen molar-refractivity contribution in [3.05, 3.63) is 35.8 Å². The van der Waals surface area contributed by atoms with E-state index < -0.39 is 17.8 Å². The lowest BCUT2D eigenvalue weighted by Crippen LogP contribution is -2.11. The van der Waals surface area contributed by atoms with Gasteiger partial charge in [-0.25, -0.2) is 4.98 Å². The fourth-order valence-electron chi connectivity index (χ4n) is 1.27. The van der Waals surface area contributed by atoms with Crippen LogP contribution in [0.15, 0.2) is 24.5 Å². The molecule has 0 aliphatic carbocycles. The average molecular weight is 229 g/mol. The Kier molecular flexibility index (Phi) is 2.11. The molecule has 84 valence electrons. The number of hydrogen-bond acceptors (Lipinski definition) is 2. The highest BCUT2D eigenvalue weighted by Crippen LogP contribution is 2.28. The molecule has 2 heterocycles. The van der Waals surface area contributed by atoms with Gasteiger partial charge in [-0.05, 0) is 12.1 Å². The molecular weight excluding hydrogens is 223 g/mol. The molecule has 0 unspecified atom stereocenters. The maximum absolute atomic E-state index is 12.3. The average Bonchev–Trinajstić information content (AvgIpc) is 2.58. The molecule has 7 heteroatoms. The van der Waals surface area contributed by atoms with E-state index in [1.165, 1.54) is 18.3 Å². The van der Waals surface area contributed by atoms with E-state index in [1.807, 2.05) is 0 Å². The van der Waals surface area contributed by atoms with Gasteiger partial charge in [0.25, 0.3) is 0 Å². The van der Waals surface area contributed by atoms with Gasteiger partial charge < -0.3 is 10.1 Å². The maximum Gasteiger partial charge on any atom is 0.434 e. The summed E-state index contributed by atoms with van der Waals surface area (Å²) in [7, 11) is 0. The number of nitrogens with two attached hydrogens (primary N) is 1. The van der Waals surface area contributed by atoms with Crippen molar-refractivity contribution in [3.8, 4) is 0 Å². The molecule has 0 saturated heterocycles. The molecule has 2 rings (SSSR count). The van der Waals surface area contributed by atoms with E-state index >= 15 is 0 Å². The van der Waals surface area contributed by atoms with Crippen molar-refractivity contribution in [2.24, 2.45) is 5.73 Å². The van der Waals surface area contributed by atoms with Crippen LogP contribution in [-0.4, -0.2) is 15.3 Å². The van der Waals surface area contributed by atoms with E-state index in [-0.39, 0.29) is 11.2 Å². The molecule has 0 radical (unpaired) electrons. The molecule has 0 spiro atoms. The summed E-state index contributed by atoms with van der Waals surface area (Å²) in [4.78, 5) is 14.2. The summed E-state index contributed by atoms with van der Waals surface area (Å²) in [5.74, 6) is -0.704. The van der Waals surface area contributed by atoms with E-state index in [9.17, 15) is 18.0 Å². The number of halogens is 3. The lowest BCUT2D eigenvalue weighted by atomic mass is 10.3. The fourth-order valence-corrected chi connectivity index (χ4v) is 1.27. The Morgan fingerprint density at radius 1 is 1.31 bits per heavy atom. The van der Waals surface area contributed by atoms with Crippen LogP contribution in [0.25, 0.3) is 5.65 Å². The summed E-state index contributed by atoms with van der Waals surface area (Å²) in [5, 5.41) is 0. The summed E-state index contributed by atoms with van der Waals surface area (Å²) in [6.07, 6.45) is -2.49. The Morgan fingerprint density at radius 2 is 2.00 bits per heavy atom. The first-order valence-electron chi connectivity index (χ1n) is 4.23. The second kappa shape index (κ2) is 3.22. The number of aromatic nitrogens is 2. The van der Waals surface area contributed by atoms with Crippen molar-refractivity contribution in [3.63, 3.8) is 0 Å². The SMILES string of the molecule is NC(=O)c1ccc2nc(C(F)(F)F)cn2c1. The lowest BCUT2D eigenvalue weighted by molar-refractivity contribution is -0.140. The van der Waals surface area contributed by atoms with Crippen LogP contribution < -0.4 is 5.73 Å². The third-order valence-electron chi connectivity index (χ3n) is 2.03. The molecule has 0 bridgehead atoms. The van der Waals surface area contributed by atoms with Gasteiger partial charge in [0, 0.05) is 12.4 Å². The third kappa shape index (κ3) is 1.71. The zero-order valence-electron chi connectivity index (χ0n) is 7.82. The third-order valence-corrected chi connectivity index (χ3v) is 2.03. The molecule has 2 aromatic rings. The minimum absolute atomic E-state index is 0.109. The standard InChI is InChI=1S/C9H6F3N3O/c10-9(11,12)6-4-15-3-5(8(13)16)1-2-7(15)14-6/h1-4H,(H2,13,16). The van der Waals surface area contributed by atoms with Crippen molar-refractivity contribution in [1.82, 2.24) is 9.38 Å². The number of primary amides is 1. The van der Waals surface area contributed by atoms with Crippen LogP contribution in [-0.2, 0) is 6.18 Å². The first-order valence-corrected chi connectivity index (χ1v) is 4.23. The van der Waals surface area contributed by atoms with Crippen molar-refractivity contribution in [2.45, 2.75) is 6.18 Å². The van der Waals surface area contributed by atoms with Gasteiger partial charge in [0.15, 0.2) is 5.69 Å². The second-order valence-electron chi connectivity index (χ2n) is 3.17. The quantitative estimate of drug-likeness (QED) is 0.804. The van der Waals surface area contributed by atoms with Gasteiger partial charge in [0.1, 0.15) is 5.65 Å². The molecule has 0 aliphatic heterocycles. The van der Waals surface area contributed by atoms with Gasteiger partial charge in [0.2, 0.25) is 5.91 Å². The van der Waals surface area contributed by atoms with Crippen molar-refractivity contribution < 1.29 is 18.0 Å². The summed E-state index contributed by atoms with van der Waals surface area (Å²) in [6, 6.07) is 2.63. The first kappa shape index (κ1) is 10.5. The molecule has 4 nitrogen and oxygen atoms in total. The molecule has 0 saturated carbocycles. The first-order chi connectivity index (χ1) is 7.38. The molecule has 0 atom stereocenters. The van der Waals surface area contributed by atoms with Crippen LogP contribution >= 0.6 is 0 Å². The number of amides is 1. The summed E-state index contributed by atoms with van der Waals surface area (Å²) >= 11 is 0. The zero-order valence-corrected chi connectivity index (χ0v) is 7.82. The molecular formula is C9H6F3N3O. The largest absolute Gasteiger partial charge is 0.434 e. The number of nitrogens with zero attached hydrogens (tertiary/aromatic N) is 2. The normalized spacial score (nSPS) is 11.9. The van der Waals surface area contributed by atoms with Crippen LogP contribution in [0.2, 0.25) is 0 Å². The number of hydrogen-bond donors (Lipinski definition) is 1. The van der Waals surface area contributed by atoms with E-state index in [0.717, 1.165) is 10.6 Å². The number of carbonyl (C=O) groups excluding carboxylic acids is 1. The smallest absolute Gasteiger partial charge is 0.366 e. The number of pyridine rings is 1. The Labute approximate surface area is 87.5 Å². The molecule has 0 aliphatic rings. The van der Waals surface area contributed by atoms with Gasteiger partial charge in [0.05, 0.1) is 5.56 Å². The number of fused-ring (bicyclic) bond motifs is 1. The van der Waals surface area contributed by atoms with Gasteiger partial charge >= 0.3 is 6.18 Å². The van der Waals surface area contributed by atoms with Gasteiger partial charge in [-0.15, -0.1) is 0 Å². The highest BCUT2D eigenvalue weighted by molar-refractivity contribution is 5.92. The minimum Gasteiger partial charge on any atom is -0.366 e. The van der Waals surface area contributed by atoms with Gasteiger partial charge in [-0.2, -0.15) is 13.2 Å². The molecule has 0 aromatic carbocycles. The predicted molar refractivity (Wildman–Crippen MR) is 48.7 cm³/mol. The highest BCUT2D eigenvalue weighted by Gasteiger charge is 2.33. The van der Waals surface area contributed by atoms with Gasteiger partial charge in [-0.3, -0.25) is 4.79 Å². The molecule has 1 amide bonds. The fraction of sp³-hybridized carbons (Fsp3) is 0.111. The number of imidazole rings is 1. The molecule has 0 fully saturated rings. The van der Waals surface area contributed by atoms with Crippen LogP contribution in [0.4, 0.5) is 13.2 Å². The van der Waals surface area contributed by atoms with Crippen molar-refractivity contribution in [2.75, 3.05) is 0 Å². The van der Waals surface area contributed by atoms with Crippen molar-refractivity contribution >= 4 is 11.6 Å². The van der Waals surface area contributed by atoms with Crippen LogP contribution in [0.3, 0.4) is 0 Å². The van der Waals surface area contributed by atoms with Gasteiger partial charge in [-0.1, -0.05) is 0 Å². The Morgan fingerprint density at radius 3 is 2.56 bits per heavy atom. The van der Waals surface area contributed by atoms with E-state index in [0.29, 0.717) is 0 Å². The maximum atomic E-state index is 12.3. The lowest BCUT2D eigenvalue weighted by Gasteiger charge is -1.98.